The van der Waals surface area contributed by atoms with Crippen LogP contribution in [-0.2, 0) is 16.3 Å². The SMILES string of the molecule is O=S1(=O)CCC(C(Br)Cc2ccccc2F)C1. The maximum atomic E-state index is 13.4. The van der Waals surface area contributed by atoms with Crippen LogP contribution < -0.4 is 0 Å². The smallest absolute Gasteiger partial charge is 0.150 e. The van der Waals surface area contributed by atoms with Gasteiger partial charge in [0.25, 0.3) is 0 Å². The minimum Gasteiger partial charge on any atom is -0.229 e. The first kappa shape index (κ1) is 13.0. The zero-order valence-corrected chi connectivity index (χ0v) is 11.7. The van der Waals surface area contributed by atoms with E-state index in [4.69, 9.17) is 0 Å². The molecule has 2 rings (SSSR count). The molecule has 0 spiro atoms. The molecule has 17 heavy (non-hydrogen) atoms. The third-order valence-electron chi connectivity index (χ3n) is 3.15. The highest BCUT2D eigenvalue weighted by Gasteiger charge is 2.32. The van der Waals surface area contributed by atoms with Crippen molar-refractivity contribution in [1.82, 2.24) is 0 Å². The Labute approximate surface area is 109 Å². The summed E-state index contributed by atoms with van der Waals surface area (Å²) >= 11 is 3.50. The number of rotatable bonds is 3. The molecule has 1 heterocycles. The first-order chi connectivity index (χ1) is 7.98. The van der Waals surface area contributed by atoms with Gasteiger partial charge in [0.05, 0.1) is 11.5 Å². The molecule has 1 saturated heterocycles. The van der Waals surface area contributed by atoms with E-state index < -0.39 is 9.84 Å². The highest BCUT2D eigenvalue weighted by Crippen LogP contribution is 2.29. The van der Waals surface area contributed by atoms with E-state index in [1.54, 1.807) is 18.2 Å². The van der Waals surface area contributed by atoms with Gasteiger partial charge in [0.1, 0.15) is 5.82 Å². The van der Waals surface area contributed by atoms with Gasteiger partial charge >= 0.3 is 0 Å². The van der Waals surface area contributed by atoms with Crippen molar-refractivity contribution in [2.45, 2.75) is 17.7 Å². The molecule has 0 bridgehead atoms. The van der Waals surface area contributed by atoms with Crippen LogP contribution in [0, 0.1) is 11.7 Å². The molecule has 0 amide bonds. The molecule has 0 aromatic heterocycles. The Kier molecular flexibility index (Phi) is 3.88. The molecule has 1 aromatic carbocycles. The Bertz CT molecular complexity index is 501. The van der Waals surface area contributed by atoms with Crippen LogP contribution in [0.4, 0.5) is 4.39 Å². The van der Waals surface area contributed by atoms with Gasteiger partial charge in [-0.1, -0.05) is 34.1 Å². The first-order valence-electron chi connectivity index (χ1n) is 5.56. The normalized spacial score (nSPS) is 24.7. The van der Waals surface area contributed by atoms with Gasteiger partial charge in [0.15, 0.2) is 9.84 Å². The summed E-state index contributed by atoms with van der Waals surface area (Å²) in [5, 5.41) is 0. The summed E-state index contributed by atoms with van der Waals surface area (Å²) in [6, 6.07) is 6.62. The second kappa shape index (κ2) is 5.06. The lowest BCUT2D eigenvalue weighted by Gasteiger charge is -2.16. The highest BCUT2D eigenvalue weighted by molar-refractivity contribution is 9.09. The minimum absolute atomic E-state index is 0.0247. The van der Waals surface area contributed by atoms with Crippen LogP contribution in [0.15, 0.2) is 24.3 Å². The topological polar surface area (TPSA) is 34.1 Å². The maximum absolute atomic E-state index is 13.4. The third kappa shape index (κ3) is 3.28. The summed E-state index contributed by atoms with van der Waals surface area (Å²) in [7, 11) is -2.87. The van der Waals surface area contributed by atoms with E-state index >= 15 is 0 Å². The summed E-state index contributed by atoms with van der Waals surface area (Å²) in [6.07, 6.45) is 1.21. The molecule has 1 aromatic rings. The number of hydrogen-bond acceptors (Lipinski definition) is 2. The standard InChI is InChI=1S/C12H14BrFO2S/c13-11(10-5-6-17(15,16)8-10)7-9-3-1-2-4-12(9)14/h1-4,10-11H,5-8H2. The van der Waals surface area contributed by atoms with Crippen LogP contribution in [0.25, 0.3) is 0 Å². The Morgan fingerprint density at radius 2 is 2.12 bits per heavy atom. The van der Waals surface area contributed by atoms with Gasteiger partial charge in [-0.15, -0.1) is 0 Å². The van der Waals surface area contributed by atoms with E-state index in [2.05, 4.69) is 15.9 Å². The van der Waals surface area contributed by atoms with E-state index in [1.165, 1.54) is 6.07 Å². The van der Waals surface area contributed by atoms with Crippen molar-refractivity contribution in [2.75, 3.05) is 11.5 Å². The lowest BCUT2D eigenvalue weighted by Crippen LogP contribution is -2.18. The summed E-state index contributed by atoms with van der Waals surface area (Å²) in [6.45, 7) is 0. The lowest BCUT2D eigenvalue weighted by molar-refractivity contribution is 0.547. The molecule has 94 valence electrons. The Morgan fingerprint density at radius 3 is 2.71 bits per heavy atom. The number of halogens is 2. The molecule has 2 atom stereocenters. The van der Waals surface area contributed by atoms with Crippen molar-refractivity contribution in [2.24, 2.45) is 5.92 Å². The van der Waals surface area contributed by atoms with Crippen LogP contribution in [0.1, 0.15) is 12.0 Å². The molecule has 1 aliphatic rings. The molecule has 2 nitrogen and oxygen atoms in total. The molecule has 0 radical (unpaired) electrons. The van der Waals surface area contributed by atoms with Crippen molar-refractivity contribution < 1.29 is 12.8 Å². The van der Waals surface area contributed by atoms with Crippen molar-refractivity contribution in [3.63, 3.8) is 0 Å². The van der Waals surface area contributed by atoms with Crippen LogP contribution in [-0.4, -0.2) is 24.8 Å². The van der Waals surface area contributed by atoms with E-state index in [0.29, 0.717) is 18.4 Å². The summed E-state index contributed by atoms with van der Waals surface area (Å²) in [4.78, 5) is 0.0247. The van der Waals surface area contributed by atoms with Crippen molar-refractivity contribution in [3.8, 4) is 0 Å². The number of alkyl halides is 1. The second-order valence-corrected chi connectivity index (χ2v) is 7.88. The second-order valence-electron chi connectivity index (χ2n) is 4.47. The Hall–Kier alpha value is -0.420. The van der Waals surface area contributed by atoms with Crippen molar-refractivity contribution in [3.05, 3.63) is 35.6 Å². The highest BCUT2D eigenvalue weighted by atomic mass is 79.9. The average molecular weight is 321 g/mol. The fourth-order valence-electron chi connectivity index (χ4n) is 2.15. The van der Waals surface area contributed by atoms with Gasteiger partial charge in [-0.2, -0.15) is 0 Å². The quantitative estimate of drug-likeness (QED) is 0.802. The number of hydrogen-bond donors (Lipinski definition) is 0. The van der Waals surface area contributed by atoms with Crippen LogP contribution in [0.2, 0.25) is 0 Å². The predicted molar refractivity (Wildman–Crippen MR) is 69.6 cm³/mol. The molecular formula is C12H14BrFO2S. The van der Waals surface area contributed by atoms with Gasteiger partial charge in [-0.3, -0.25) is 0 Å². The van der Waals surface area contributed by atoms with Crippen LogP contribution in [0.5, 0.6) is 0 Å². The molecule has 2 unspecified atom stereocenters. The van der Waals surface area contributed by atoms with E-state index in [0.717, 1.165) is 0 Å². The molecule has 1 aliphatic heterocycles. The number of sulfone groups is 1. The fourth-order valence-corrected chi connectivity index (χ4v) is 5.08. The van der Waals surface area contributed by atoms with Gasteiger partial charge in [0.2, 0.25) is 0 Å². The molecule has 5 heteroatoms. The lowest BCUT2D eigenvalue weighted by atomic mass is 9.99. The van der Waals surface area contributed by atoms with Crippen molar-refractivity contribution in [1.29, 1.82) is 0 Å². The number of benzene rings is 1. The van der Waals surface area contributed by atoms with E-state index in [-0.39, 0.29) is 28.1 Å². The van der Waals surface area contributed by atoms with Crippen LogP contribution in [0.3, 0.4) is 0 Å². The van der Waals surface area contributed by atoms with Crippen LogP contribution >= 0.6 is 15.9 Å². The third-order valence-corrected chi connectivity index (χ3v) is 6.02. The monoisotopic (exact) mass is 320 g/mol. The van der Waals surface area contributed by atoms with Gasteiger partial charge in [-0.25, -0.2) is 12.8 Å². The fraction of sp³-hybridized carbons (Fsp3) is 0.500. The van der Waals surface area contributed by atoms with E-state index in [9.17, 15) is 12.8 Å². The molecular weight excluding hydrogens is 307 g/mol. The van der Waals surface area contributed by atoms with Gasteiger partial charge in [0, 0.05) is 4.83 Å². The summed E-state index contributed by atoms with van der Waals surface area (Å²) in [5.41, 5.74) is 0.638. The maximum Gasteiger partial charge on any atom is 0.150 e. The Morgan fingerprint density at radius 1 is 1.41 bits per heavy atom. The molecule has 0 N–H and O–H groups in total. The zero-order valence-electron chi connectivity index (χ0n) is 9.27. The summed E-state index contributed by atoms with van der Waals surface area (Å²) in [5.74, 6) is 0.353. The Balaban J connectivity index is 2.03. The van der Waals surface area contributed by atoms with Crippen molar-refractivity contribution >= 4 is 25.8 Å². The molecule has 0 aliphatic carbocycles. The molecule has 1 fully saturated rings. The summed E-state index contributed by atoms with van der Waals surface area (Å²) < 4.78 is 36.2. The minimum atomic E-state index is -2.87. The zero-order chi connectivity index (χ0) is 12.5. The van der Waals surface area contributed by atoms with Gasteiger partial charge in [-0.05, 0) is 30.4 Å². The average Bonchev–Trinajstić information content (AvgIpc) is 2.62. The molecule has 0 saturated carbocycles. The largest absolute Gasteiger partial charge is 0.229 e. The van der Waals surface area contributed by atoms with E-state index in [1.807, 2.05) is 0 Å². The van der Waals surface area contributed by atoms with Gasteiger partial charge < -0.3 is 0 Å². The predicted octanol–water partition coefficient (Wildman–Crippen LogP) is 2.57. The first-order valence-corrected chi connectivity index (χ1v) is 8.29.